The van der Waals surface area contributed by atoms with E-state index in [0.29, 0.717) is 6.04 Å². The lowest BCUT2D eigenvalue weighted by Crippen LogP contribution is -2.29. The van der Waals surface area contributed by atoms with Gasteiger partial charge in [-0.1, -0.05) is 0 Å². The van der Waals surface area contributed by atoms with Crippen molar-refractivity contribution in [3.05, 3.63) is 18.1 Å². The van der Waals surface area contributed by atoms with Crippen LogP contribution in [-0.4, -0.2) is 28.6 Å². The molecule has 0 aromatic carbocycles. The Bertz CT molecular complexity index is 389. The fraction of sp³-hybridized carbons (Fsp3) is 0.692. The molecule has 17 heavy (non-hydrogen) atoms. The molecule has 4 heteroatoms. The second kappa shape index (κ2) is 4.61. The highest BCUT2D eigenvalue weighted by molar-refractivity contribution is 5.47. The molecule has 1 aliphatic heterocycles. The van der Waals surface area contributed by atoms with E-state index in [1.807, 2.05) is 6.20 Å². The molecule has 1 aromatic rings. The quantitative estimate of drug-likeness (QED) is 0.858. The summed E-state index contributed by atoms with van der Waals surface area (Å²) in [4.78, 5) is 11.1. The Hall–Kier alpha value is -1.16. The Kier molecular flexibility index (Phi) is 2.97. The van der Waals surface area contributed by atoms with Crippen LogP contribution in [0, 0.1) is 0 Å². The zero-order chi connectivity index (χ0) is 11.7. The van der Waals surface area contributed by atoms with E-state index >= 15 is 0 Å². The fourth-order valence-electron chi connectivity index (χ4n) is 2.52. The van der Waals surface area contributed by atoms with Crippen LogP contribution in [0.4, 0.5) is 5.82 Å². The van der Waals surface area contributed by atoms with Gasteiger partial charge in [-0.25, -0.2) is 9.97 Å². The highest BCUT2D eigenvalue weighted by Gasteiger charge is 2.25. The van der Waals surface area contributed by atoms with Crippen molar-refractivity contribution in [2.24, 2.45) is 0 Å². The maximum absolute atomic E-state index is 4.48. The molecule has 1 atom stereocenters. The largest absolute Gasteiger partial charge is 0.354 e. The average Bonchev–Trinajstić information content (AvgIpc) is 3.09. The van der Waals surface area contributed by atoms with Gasteiger partial charge in [-0.2, -0.15) is 0 Å². The van der Waals surface area contributed by atoms with Crippen molar-refractivity contribution in [3.63, 3.8) is 0 Å². The molecule has 2 heterocycles. The second-order valence-corrected chi connectivity index (χ2v) is 5.21. The van der Waals surface area contributed by atoms with Crippen molar-refractivity contribution in [2.45, 2.75) is 51.2 Å². The molecule has 0 bridgehead atoms. The van der Waals surface area contributed by atoms with Gasteiger partial charge in [0.05, 0.1) is 0 Å². The summed E-state index contributed by atoms with van der Waals surface area (Å²) >= 11 is 0. The van der Waals surface area contributed by atoms with Crippen LogP contribution in [0.25, 0.3) is 0 Å². The highest BCUT2D eigenvalue weighted by atomic mass is 15.2. The Morgan fingerprint density at radius 3 is 3.00 bits per heavy atom. The van der Waals surface area contributed by atoms with Crippen molar-refractivity contribution in [1.29, 1.82) is 0 Å². The van der Waals surface area contributed by atoms with E-state index in [0.717, 1.165) is 24.9 Å². The summed E-state index contributed by atoms with van der Waals surface area (Å²) in [6, 6.07) is 1.35. The molecule has 1 aromatic heterocycles. The van der Waals surface area contributed by atoms with E-state index < -0.39 is 0 Å². The smallest absolute Gasteiger partial charge is 0.136 e. The van der Waals surface area contributed by atoms with Crippen molar-refractivity contribution < 1.29 is 0 Å². The van der Waals surface area contributed by atoms with Gasteiger partial charge in [0.25, 0.3) is 0 Å². The van der Waals surface area contributed by atoms with Crippen molar-refractivity contribution in [2.75, 3.05) is 11.4 Å². The van der Waals surface area contributed by atoms with Gasteiger partial charge in [0, 0.05) is 36.9 Å². The maximum atomic E-state index is 4.48. The number of hydrogen-bond acceptors (Lipinski definition) is 4. The van der Waals surface area contributed by atoms with Crippen LogP contribution in [0.3, 0.4) is 0 Å². The second-order valence-electron chi connectivity index (χ2n) is 5.21. The third kappa shape index (κ3) is 2.41. The zero-order valence-corrected chi connectivity index (χ0v) is 10.4. The van der Waals surface area contributed by atoms with Crippen LogP contribution in [0.2, 0.25) is 0 Å². The molecule has 3 rings (SSSR count). The van der Waals surface area contributed by atoms with Gasteiger partial charge in [-0.15, -0.1) is 0 Å². The van der Waals surface area contributed by atoms with Crippen LogP contribution in [0.15, 0.2) is 12.5 Å². The summed E-state index contributed by atoms with van der Waals surface area (Å²) in [7, 11) is 0. The standard InChI is InChI=1S/C13H20N4/c1-10-3-2-6-17(10)13-11(7-14-9-16-13)8-15-12-4-5-12/h7,9-10,12,15H,2-6,8H2,1H3. The highest BCUT2D eigenvalue weighted by Crippen LogP contribution is 2.27. The molecular formula is C13H20N4. The predicted octanol–water partition coefficient (Wildman–Crippen LogP) is 1.72. The monoisotopic (exact) mass is 232 g/mol. The SMILES string of the molecule is CC1CCCN1c1ncncc1CNC1CC1. The number of hydrogen-bond donors (Lipinski definition) is 1. The van der Waals surface area contributed by atoms with E-state index in [2.05, 4.69) is 27.1 Å². The molecule has 0 radical (unpaired) electrons. The van der Waals surface area contributed by atoms with Crippen LogP contribution in [0.5, 0.6) is 0 Å². The normalized spacial score (nSPS) is 24.3. The van der Waals surface area contributed by atoms with Crippen molar-refractivity contribution in [3.8, 4) is 0 Å². The molecule has 1 N–H and O–H groups in total. The first kappa shape index (κ1) is 11.0. The number of aromatic nitrogens is 2. The Morgan fingerprint density at radius 1 is 1.41 bits per heavy atom. The number of anilines is 1. The first-order valence-electron chi connectivity index (χ1n) is 6.63. The van der Waals surface area contributed by atoms with Crippen molar-refractivity contribution in [1.82, 2.24) is 15.3 Å². The molecule has 1 saturated carbocycles. The first-order valence-corrected chi connectivity index (χ1v) is 6.63. The van der Waals surface area contributed by atoms with Gasteiger partial charge < -0.3 is 10.2 Å². The predicted molar refractivity (Wildman–Crippen MR) is 67.9 cm³/mol. The number of nitrogens with zero attached hydrogens (tertiary/aromatic N) is 3. The summed E-state index contributed by atoms with van der Waals surface area (Å²) in [5, 5.41) is 3.54. The molecular weight excluding hydrogens is 212 g/mol. The van der Waals surface area contributed by atoms with E-state index in [9.17, 15) is 0 Å². The van der Waals surface area contributed by atoms with Gasteiger partial charge in [0.2, 0.25) is 0 Å². The van der Waals surface area contributed by atoms with Gasteiger partial charge in [-0.05, 0) is 32.6 Å². The van der Waals surface area contributed by atoms with Crippen LogP contribution < -0.4 is 10.2 Å². The van der Waals surface area contributed by atoms with Crippen LogP contribution >= 0.6 is 0 Å². The lowest BCUT2D eigenvalue weighted by molar-refractivity contribution is 0.670. The zero-order valence-electron chi connectivity index (χ0n) is 10.4. The molecule has 1 unspecified atom stereocenters. The topological polar surface area (TPSA) is 41.1 Å². The number of rotatable bonds is 4. The minimum atomic E-state index is 0.615. The molecule has 92 valence electrons. The van der Waals surface area contributed by atoms with E-state index in [1.54, 1.807) is 6.33 Å². The van der Waals surface area contributed by atoms with Gasteiger partial charge in [0.1, 0.15) is 12.1 Å². The Balaban J connectivity index is 1.76. The minimum Gasteiger partial charge on any atom is -0.354 e. The van der Waals surface area contributed by atoms with Gasteiger partial charge in [-0.3, -0.25) is 0 Å². The lowest BCUT2D eigenvalue weighted by atomic mass is 10.2. The molecule has 4 nitrogen and oxygen atoms in total. The summed E-state index contributed by atoms with van der Waals surface area (Å²) < 4.78 is 0. The maximum Gasteiger partial charge on any atom is 0.136 e. The fourth-order valence-corrected chi connectivity index (χ4v) is 2.52. The molecule has 2 fully saturated rings. The molecule has 1 saturated heterocycles. The summed E-state index contributed by atoms with van der Waals surface area (Å²) in [6.07, 6.45) is 8.83. The third-order valence-corrected chi connectivity index (χ3v) is 3.75. The van der Waals surface area contributed by atoms with E-state index in [-0.39, 0.29) is 0 Å². The van der Waals surface area contributed by atoms with E-state index in [1.165, 1.54) is 31.2 Å². The summed E-state index contributed by atoms with van der Waals surface area (Å²) in [5.74, 6) is 1.14. The van der Waals surface area contributed by atoms with Crippen LogP contribution in [0.1, 0.15) is 38.2 Å². The molecule has 1 aliphatic carbocycles. The summed E-state index contributed by atoms with van der Waals surface area (Å²) in [6.45, 7) is 4.33. The number of nitrogens with one attached hydrogen (secondary N) is 1. The third-order valence-electron chi connectivity index (χ3n) is 3.75. The Morgan fingerprint density at radius 2 is 2.29 bits per heavy atom. The minimum absolute atomic E-state index is 0.615. The summed E-state index contributed by atoms with van der Waals surface area (Å²) in [5.41, 5.74) is 1.24. The van der Waals surface area contributed by atoms with E-state index in [4.69, 9.17) is 0 Å². The lowest BCUT2D eigenvalue weighted by Gasteiger charge is -2.24. The average molecular weight is 232 g/mol. The molecule has 0 spiro atoms. The van der Waals surface area contributed by atoms with Crippen LogP contribution in [-0.2, 0) is 6.54 Å². The van der Waals surface area contributed by atoms with Gasteiger partial charge >= 0.3 is 0 Å². The first-order chi connectivity index (χ1) is 8.34. The van der Waals surface area contributed by atoms with Gasteiger partial charge in [0.15, 0.2) is 0 Å². The molecule has 0 amide bonds. The Labute approximate surface area is 102 Å². The molecule has 2 aliphatic rings. The van der Waals surface area contributed by atoms with Crippen molar-refractivity contribution >= 4 is 5.82 Å².